The standard InChI is InChI=1S/C18H17NO4/c20-15-8-4-7-12-9-10-18(17(22)23,11-14(12)15)19-16(21)13-5-2-1-3-6-13/h1-8,20H,9-11H2,(H,19,21)(H,22,23). The normalized spacial score (nSPS) is 19.7. The number of fused-ring (bicyclic) bond motifs is 1. The molecule has 0 saturated heterocycles. The molecule has 0 spiro atoms. The molecule has 3 N–H and O–H groups in total. The summed E-state index contributed by atoms with van der Waals surface area (Å²) in [6, 6.07) is 13.7. The van der Waals surface area contributed by atoms with E-state index in [9.17, 15) is 19.8 Å². The van der Waals surface area contributed by atoms with Gasteiger partial charge in [-0.1, -0.05) is 30.3 Å². The summed E-state index contributed by atoms with van der Waals surface area (Å²) in [6.07, 6.45) is 0.853. The molecular weight excluding hydrogens is 294 g/mol. The SMILES string of the molecule is O=C(NC1(C(=O)O)CCc2cccc(O)c2C1)c1ccccc1. The van der Waals surface area contributed by atoms with Crippen LogP contribution >= 0.6 is 0 Å². The van der Waals surface area contributed by atoms with E-state index in [-0.39, 0.29) is 18.6 Å². The molecule has 2 aromatic carbocycles. The van der Waals surface area contributed by atoms with Crippen LogP contribution in [0.2, 0.25) is 0 Å². The van der Waals surface area contributed by atoms with Gasteiger partial charge in [-0.25, -0.2) is 4.79 Å². The van der Waals surface area contributed by atoms with Gasteiger partial charge < -0.3 is 15.5 Å². The third-order valence-electron chi connectivity index (χ3n) is 4.35. The lowest BCUT2D eigenvalue weighted by Gasteiger charge is -2.35. The van der Waals surface area contributed by atoms with Gasteiger partial charge in [-0.05, 0) is 42.2 Å². The van der Waals surface area contributed by atoms with Gasteiger partial charge >= 0.3 is 5.97 Å². The molecule has 3 rings (SSSR count). The number of aliphatic carboxylic acids is 1. The summed E-state index contributed by atoms with van der Waals surface area (Å²) in [7, 11) is 0. The number of phenols is 1. The van der Waals surface area contributed by atoms with Crippen LogP contribution < -0.4 is 5.32 Å². The van der Waals surface area contributed by atoms with E-state index < -0.39 is 17.4 Å². The van der Waals surface area contributed by atoms with Gasteiger partial charge in [0.25, 0.3) is 5.91 Å². The van der Waals surface area contributed by atoms with Crippen molar-refractivity contribution in [2.75, 3.05) is 0 Å². The lowest BCUT2D eigenvalue weighted by atomic mass is 9.77. The first-order valence-electron chi connectivity index (χ1n) is 7.42. The van der Waals surface area contributed by atoms with Gasteiger partial charge in [0, 0.05) is 12.0 Å². The van der Waals surface area contributed by atoms with E-state index in [0.29, 0.717) is 17.5 Å². The zero-order valence-electron chi connectivity index (χ0n) is 12.5. The van der Waals surface area contributed by atoms with Gasteiger partial charge in [0.15, 0.2) is 0 Å². The second-order valence-electron chi connectivity index (χ2n) is 5.80. The summed E-state index contributed by atoms with van der Waals surface area (Å²) >= 11 is 0. The summed E-state index contributed by atoms with van der Waals surface area (Å²) in [5, 5.41) is 22.4. The fourth-order valence-electron chi connectivity index (χ4n) is 3.02. The van der Waals surface area contributed by atoms with Gasteiger partial charge in [-0.15, -0.1) is 0 Å². The molecule has 1 aliphatic carbocycles. The minimum Gasteiger partial charge on any atom is -0.508 e. The number of benzene rings is 2. The Morgan fingerprint density at radius 3 is 2.48 bits per heavy atom. The average molecular weight is 311 g/mol. The Labute approximate surface area is 133 Å². The number of carbonyl (C=O) groups is 2. The molecule has 0 saturated carbocycles. The molecule has 0 radical (unpaired) electrons. The van der Waals surface area contributed by atoms with Crippen LogP contribution in [0.15, 0.2) is 48.5 Å². The molecular formula is C18H17NO4. The number of aromatic hydroxyl groups is 1. The predicted octanol–water partition coefficient (Wildman–Crippen LogP) is 2.13. The zero-order chi connectivity index (χ0) is 16.4. The zero-order valence-corrected chi connectivity index (χ0v) is 12.5. The number of carbonyl (C=O) groups excluding carboxylic acids is 1. The molecule has 0 bridgehead atoms. The summed E-state index contributed by atoms with van der Waals surface area (Å²) < 4.78 is 0. The fraction of sp³-hybridized carbons (Fsp3) is 0.222. The Kier molecular flexibility index (Phi) is 3.78. The lowest BCUT2D eigenvalue weighted by molar-refractivity contribution is -0.145. The number of carboxylic acid groups (broad SMARTS) is 1. The highest BCUT2D eigenvalue weighted by Crippen LogP contribution is 2.34. The third-order valence-corrected chi connectivity index (χ3v) is 4.35. The Morgan fingerprint density at radius 1 is 1.04 bits per heavy atom. The van der Waals surface area contributed by atoms with E-state index in [1.54, 1.807) is 36.4 Å². The Bertz CT molecular complexity index is 757. The minimum atomic E-state index is -1.40. The highest BCUT2D eigenvalue weighted by Gasteiger charge is 2.43. The largest absolute Gasteiger partial charge is 0.508 e. The van der Waals surface area contributed by atoms with Crippen molar-refractivity contribution < 1.29 is 19.8 Å². The van der Waals surface area contributed by atoms with Crippen molar-refractivity contribution in [3.8, 4) is 5.75 Å². The summed E-state index contributed by atoms with van der Waals surface area (Å²) in [5.74, 6) is -1.44. The molecule has 0 heterocycles. The molecule has 1 amide bonds. The minimum absolute atomic E-state index is 0.0711. The third kappa shape index (κ3) is 2.77. The van der Waals surface area contributed by atoms with Crippen LogP contribution in [0.5, 0.6) is 5.75 Å². The first kappa shape index (κ1) is 15.1. The monoisotopic (exact) mass is 311 g/mol. The summed E-state index contributed by atoms with van der Waals surface area (Å²) in [4.78, 5) is 24.3. The van der Waals surface area contributed by atoms with Crippen molar-refractivity contribution in [1.82, 2.24) is 5.32 Å². The topological polar surface area (TPSA) is 86.6 Å². The van der Waals surface area contributed by atoms with Crippen LogP contribution in [-0.4, -0.2) is 27.6 Å². The quantitative estimate of drug-likeness (QED) is 0.810. The van der Waals surface area contributed by atoms with Crippen molar-refractivity contribution in [3.63, 3.8) is 0 Å². The maximum absolute atomic E-state index is 12.4. The van der Waals surface area contributed by atoms with E-state index in [1.807, 2.05) is 6.07 Å². The number of amides is 1. The van der Waals surface area contributed by atoms with Crippen LogP contribution in [0, 0.1) is 0 Å². The van der Waals surface area contributed by atoms with E-state index in [4.69, 9.17) is 0 Å². The second kappa shape index (κ2) is 5.76. The van der Waals surface area contributed by atoms with Crippen molar-refractivity contribution >= 4 is 11.9 Å². The molecule has 1 aliphatic rings. The molecule has 2 aromatic rings. The van der Waals surface area contributed by atoms with E-state index in [2.05, 4.69) is 5.32 Å². The summed E-state index contributed by atoms with van der Waals surface area (Å²) in [6.45, 7) is 0. The first-order chi connectivity index (χ1) is 11.0. The van der Waals surface area contributed by atoms with E-state index in [0.717, 1.165) is 5.56 Å². The van der Waals surface area contributed by atoms with Crippen LogP contribution in [0.3, 0.4) is 0 Å². The van der Waals surface area contributed by atoms with Gasteiger partial charge in [0.2, 0.25) is 0 Å². The number of hydrogen-bond donors (Lipinski definition) is 3. The van der Waals surface area contributed by atoms with Gasteiger partial charge in [-0.3, -0.25) is 4.79 Å². The second-order valence-corrected chi connectivity index (χ2v) is 5.80. The predicted molar refractivity (Wildman–Crippen MR) is 84.4 cm³/mol. The smallest absolute Gasteiger partial charge is 0.329 e. The number of phenolic OH excluding ortho intramolecular Hbond substituents is 1. The van der Waals surface area contributed by atoms with Crippen molar-refractivity contribution in [3.05, 3.63) is 65.2 Å². The Hall–Kier alpha value is -2.82. The lowest BCUT2D eigenvalue weighted by Crippen LogP contribution is -2.57. The van der Waals surface area contributed by atoms with E-state index >= 15 is 0 Å². The van der Waals surface area contributed by atoms with Crippen molar-refractivity contribution in [2.45, 2.75) is 24.8 Å². The first-order valence-corrected chi connectivity index (χ1v) is 7.42. The Morgan fingerprint density at radius 2 is 1.78 bits per heavy atom. The molecule has 1 atom stereocenters. The van der Waals surface area contributed by atoms with E-state index in [1.165, 1.54) is 6.07 Å². The Balaban J connectivity index is 1.92. The maximum atomic E-state index is 12.4. The van der Waals surface area contributed by atoms with Gasteiger partial charge in [0.05, 0.1) is 0 Å². The molecule has 23 heavy (non-hydrogen) atoms. The van der Waals surface area contributed by atoms with Crippen LogP contribution in [0.1, 0.15) is 27.9 Å². The van der Waals surface area contributed by atoms with Gasteiger partial charge in [0.1, 0.15) is 11.3 Å². The highest BCUT2D eigenvalue weighted by molar-refractivity contribution is 5.98. The van der Waals surface area contributed by atoms with Crippen molar-refractivity contribution in [1.29, 1.82) is 0 Å². The molecule has 5 heteroatoms. The van der Waals surface area contributed by atoms with Crippen LogP contribution in [0.4, 0.5) is 0 Å². The molecule has 0 aliphatic heterocycles. The average Bonchev–Trinajstić information content (AvgIpc) is 2.56. The number of aryl methyl sites for hydroxylation is 1. The fourth-order valence-corrected chi connectivity index (χ4v) is 3.02. The highest BCUT2D eigenvalue weighted by atomic mass is 16.4. The van der Waals surface area contributed by atoms with Crippen LogP contribution in [-0.2, 0) is 17.6 Å². The van der Waals surface area contributed by atoms with Crippen molar-refractivity contribution in [2.24, 2.45) is 0 Å². The molecule has 118 valence electrons. The number of carboxylic acids is 1. The molecule has 5 nitrogen and oxygen atoms in total. The van der Waals surface area contributed by atoms with Gasteiger partial charge in [-0.2, -0.15) is 0 Å². The number of rotatable bonds is 3. The molecule has 0 fully saturated rings. The molecule has 1 unspecified atom stereocenters. The maximum Gasteiger partial charge on any atom is 0.329 e. The number of nitrogens with one attached hydrogen (secondary N) is 1. The number of hydrogen-bond acceptors (Lipinski definition) is 3. The summed E-state index contributed by atoms with van der Waals surface area (Å²) in [5.41, 5.74) is 0.528. The van der Waals surface area contributed by atoms with Crippen LogP contribution in [0.25, 0.3) is 0 Å². The molecule has 0 aromatic heterocycles.